The molecule has 8 heteroatoms. The van der Waals surface area contributed by atoms with Gasteiger partial charge in [0, 0.05) is 36.0 Å². The summed E-state index contributed by atoms with van der Waals surface area (Å²) in [5.41, 5.74) is 6.56. The van der Waals surface area contributed by atoms with E-state index in [9.17, 15) is 9.59 Å². The maximum atomic E-state index is 12.8. The molecular formula is C28H27N5O2S. The zero-order valence-electron chi connectivity index (χ0n) is 20.3. The van der Waals surface area contributed by atoms with E-state index in [1.807, 2.05) is 67.3 Å². The number of Topliss-reactive ketones (excluding diaryl/α,β-unsaturated/α-hetero) is 1. The summed E-state index contributed by atoms with van der Waals surface area (Å²) < 4.78 is 0. The third-order valence-electron chi connectivity index (χ3n) is 6.28. The number of aromatic nitrogens is 4. The Morgan fingerprint density at radius 3 is 2.14 bits per heavy atom. The van der Waals surface area contributed by atoms with Gasteiger partial charge in [-0.2, -0.15) is 0 Å². The molecule has 0 bridgehead atoms. The zero-order chi connectivity index (χ0) is 25.1. The van der Waals surface area contributed by atoms with Crippen LogP contribution in [0.4, 0.5) is 0 Å². The summed E-state index contributed by atoms with van der Waals surface area (Å²) in [6, 6.07) is 17.9. The third-order valence-corrected chi connectivity index (χ3v) is 7.12. The van der Waals surface area contributed by atoms with Crippen molar-refractivity contribution in [2.45, 2.75) is 31.8 Å². The number of nitrogens with zero attached hydrogens (tertiary/aromatic N) is 4. The molecule has 1 fully saturated rings. The molecule has 0 spiro atoms. The van der Waals surface area contributed by atoms with Crippen LogP contribution in [0.25, 0.3) is 22.5 Å². The van der Waals surface area contributed by atoms with E-state index < -0.39 is 0 Å². The molecule has 3 heterocycles. The molecule has 0 radical (unpaired) electrons. The van der Waals surface area contributed by atoms with Gasteiger partial charge in [0.1, 0.15) is 17.1 Å². The van der Waals surface area contributed by atoms with Gasteiger partial charge in [0.05, 0.1) is 5.75 Å². The molecule has 2 aromatic carbocycles. The number of hydrogen-bond donors (Lipinski definition) is 1. The van der Waals surface area contributed by atoms with Crippen LogP contribution >= 0.6 is 11.8 Å². The molecule has 2 aromatic heterocycles. The number of aromatic amines is 1. The van der Waals surface area contributed by atoms with Crippen molar-refractivity contribution >= 4 is 23.5 Å². The number of aryl methyl sites for hydroxylation is 2. The van der Waals surface area contributed by atoms with Crippen molar-refractivity contribution in [3.8, 4) is 22.5 Å². The van der Waals surface area contributed by atoms with Crippen molar-refractivity contribution in [2.75, 3.05) is 18.8 Å². The van der Waals surface area contributed by atoms with Crippen LogP contribution in [0, 0.1) is 13.8 Å². The van der Waals surface area contributed by atoms with Crippen molar-refractivity contribution in [3.63, 3.8) is 0 Å². The topological polar surface area (TPSA) is 91.8 Å². The lowest BCUT2D eigenvalue weighted by molar-refractivity contribution is 0.0787. The predicted octanol–water partition coefficient (Wildman–Crippen LogP) is 5.36. The van der Waals surface area contributed by atoms with Crippen LogP contribution in [-0.4, -0.2) is 55.6 Å². The normalized spacial score (nSPS) is 13.2. The second-order valence-electron chi connectivity index (χ2n) is 9.04. The van der Waals surface area contributed by atoms with E-state index >= 15 is 0 Å². The highest BCUT2D eigenvalue weighted by molar-refractivity contribution is 7.99. The van der Waals surface area contributed by atoms with Gasteiger partial charge in [0.2, 0.25) is 5.16 Å². The Morgan fingerprint density at radius 2 is 1.50 bits per heavy atom. The molecule has 36 heavy (non-hydrogen) atoms. The minimum absolute atomic E-state index is 0.0545. The summed E-state index contributed by atoms with van der Waals surface area (Å²) in [4.78, 5) is 35.0. The van der Waals surface area contributed by atoms with Crippen LogP contribution in [0.1, 0.15) is 44.8 Å². The number of nitrogens with one attached hydrogen (secondary N) is 1. The first-order chi connectivity index (χ1) is 17.5. The second-order valence-corrected chi connectivity index (χ2v) is 9.98. The van der Waals surface area contributed by atoms with Gasteiger partial charge in [-0.05, 0) is 32.8 Å². The molecule has 1 aliphatic heterocycles. The van der Waals surface area contributed by atoms with Crippen molar-refractivity contribution in [1.82, 2.24) is 25.1 Å². The Labute approximate surface area is 214 Å². The standard InChI is InChI=1S/C28H27N5O2S/c1-18-5-9-20(10-6-18)25-26(21-11-7-19(2)8-12-21)31-32-28(30-25)36-17-24(34)22-15-23(29-16-22)27(35)33-13-3-4-14-33/h5-12,15-16,29H,3-4,13-14,17H2,1-2H3. The van der Waals surface area contributed by atoms with Gasteiger partial charge >= 0.3 is 0 Å². The summed E-state index contributed by atoms with van der Waals surface area (Å²) in [5.74, 6) is -0.00494. The fraction of sp³-hybridized carbons (Fsp3) is 0.250. The number of thioether (sulfide) groups is 1. The summed E-state index contributed by atoms with van der Waals surface area (Å²) in [6.07, 6.45) is 3.65. The first-order valence-electron chi connectivity index (χ1n) is 12.0. The lowest BCUT2D eigenvalue weighted by Gasteiger charge is -2.13. The lowest BCUT2D eigenvalue weighted by atomic mass is 10.0. The number of amides is 1. The Hall–Kier alpha value is -3.78. The summed E-state index contributed by atoms with van der Waals surface area (Å²) in [6.45, 7) is 5.62. The van der Waals surface area contributed by atoms with Crippen LogP contribution in [0.5, 0.6) is 0 Å². The molecule has 0 saturated carbocycles. The monoisotopic (exact) mass is 497 g/mol. The number of rotatable bonds is 7. The summed E-state index contributed by atoms with van der Waals surface area (Å²) in [7, 11) is 0. The Bertz CT molecular complexity index is 1390. The Morgan fingerprint density at radius 1 is 0.889 bits per heavy atom. The van der Waals surface area contributed by atoms with E-state index in [-0.39, 0.29) is 17.4 Å². The number of carbonyl (C=O) groups excluding carboxylic acids is 2. The van der Waals surface area contributed by atoms with Crippen molar-refractivity contribution in [1.29, 1.82) is 0 Å². The molecule has 0 atom stereocenters. The molecular weight excluding hydrogens is 470 g/mol. The number of benzene rings is 2. The average molecular weight is 498 g/mol. The number of H-pyrrole nitrogens is 1. The van der Waals surface area contributed by atoms with Crippen LogP contribution in [0.2, 0.25) is 0 Å². The third kappa shape index (κ3) is 5.23. The van der Waals surface area contributed by atoms with E-state index in [1.165, 1.54) is 11.8 Å². The molecule has 0 unspecified atom stereocenters. The molecule has 1 saturated heterocycles. The van der Waals surface area contributed by atoms with Gasteiger partial charge in [-0.25, -0.2) is 4.98 Å². The number of carbonyl (C=O) groups is 2. The largest absolute Gasteiger partial charge is 0.356 e. The molecule has 1 amide bonds. The molecule has 7 nitrogen and oxygen atoms in total. The maximum absolute atomic E-state index is 12.8. The molecule has 1 N–H and O–H groups in total. The van der Waals surface area contributed by atoms with E-state index in [0.29, 0.717) is 22.1 Å². The molecule has 1 aliphatic rings. The summed E-state index contributed by atoms with van der Waals surface area (Å²) >= 11 is 1.24. The fourth-order valence-corrected chi connectivity index (χ4v) is 4.85. The number of ketones is 1. The molecule has 182 valence electrons. The molecule has 4 aromatic rings. The minimum Gasteiger partial charge on any atom is -0.356 e. The highest BCUT2D eigenvalue weighted by Gasteiger charge is 2.22. The van der Waals surface area contributed by atoms with Gasteiger partial charge < -0.3 is 9.88 Å². The van der Waals surface area contributed by atoms with Gasteiger partial charge in [0.15, 0.2) is 5.78 Å². The quantitative estimate of drug-likeness (QED) is 0.273. The van der Waals surface area contributed by atoms with Gasteiger partial charge in [0.25, 0.3) is 5.91 Å². The van der Waals surface area contributed by atoms with E-state index in [2.05, 4.69) is 15.2 Å². The Kier molecular flexibility index (Phi) is 6.95. The van der Waals surface area contributed by atoms with Crippen molar-refractivity contribution in [3.05, 3.63) is 83.2 Å². The van der Waals surface area contributed by atoms with E-state index in [0.717, 1.165) is 53.9 Å². The second kappa shape index (κ2) is 10.5. The smallest absolute Gasteiger partial charge is 0.270 e. The van der Waals surface area contributed by atoms with E-state index in [1.54, 1.807) is 12.3 Å². The Balaban J connectivity index is 1.35. The highest BCUT2D eigenvalue weighted by atomic mass is 32.2. The van der Waals surface area contributed by atoms with Crippen LogP contribution < -0.4 is 0 Å². The number of hydrogen-bond acceptors (Lipinski definition) is 6. The van der Waals surface area contributed by atoms with Gasteiger partial charge in [-0.3, -0.25) is 9.59 Å². The van der Waals surface area contributed by atoms with Crippen molar-refractivity contribution in [2.24, 2.45) is 0 Å². The van der Waals surface area contributed by atoms with Gasteiger partial charge in [-0.15, -0.1) is 10.2 Å². The summed E-state index contributed by atoms with van der Waals surface area (Å²) in [5, 5.41) is 9.24. The SMILES string of the molecule is Cc1ccc(-c2nnc(SCC(=O)c3c[nH]c(C(=O)N4CCCC4)c3)nc2-c2ccc(C)cc2)cc1. The molecule has 0 aliphatic carbocycles. The zero-order valence-corrected chi connectivity index (χ0v) is 21.1. The van der Waals surface area contributed by atoms with Crippen LogP contribution in [-0.2, 0) is 0 Å². The first-order valence-corrected chi connectivity index (χ1v) is 13.0. The highest BCUT2D eigenvalue weighted by Crippen LogP contribution is 2.30. The molecule has 5 rings (SSSR count). The first kappa shape index (κ1) is 23.9. The van der Waals surface area contributed by atoms with E-state index in [4.69, 9.17) is 4.98 Å². The van der Waals surface area contributed by atoms with Crippen LogP contribution in [0.15, 0.2) is 66.0 Å². The number of likely N-dealkylation sites (tertiary alicyclic amines) is 1. The van der Waals surface area contributed by atoms with Gasteiger partial charge in [-0.1, -0.05) is 71.4 Å². The minimum atomic E-state index is -0.0974. The maximum Gasteiger partial charge on any atom is 0.270 e. The van der Waals surface area contributed by atoms with Crippen molar-refractivity contribution < 1.29 is 9.59 Å². The average Bonchev–Trinajstić information content (AvgIpc) is 3.61. The van der Waals surface area contributed by atoms with Crippen LogP contribution in [0.3, 0.4) is 0 Å². The fourth-order valence-electron chi connectivity index (χ4n) is 4.17. The lowest BCUT2D eigenvalue weighted by Crippen LogP contribution is -2.27. The predicted molar refractivity (Wildman–Crippen MR) is 141 cm³/mol.